The zero-order chi connectivity index (χ0) is 18.7. The molecular weight excluding hydrogens is 350 g/mol. The second-order valence-corrected chi connectivity index (χ2v) is 8.31. The molecule has 0 atom stereocenters. The highest BCUT2D eigenvalue weighted by Crippen LogP contribution is 2.29. The molecule has 0 spiro atoms. The third-order valence-electron chi connectivity index (χ3n) is 4.29. The van der Waals surface area contributed by atoms with E-state index in [9.17, 15) is 4.79 Å². The van der Waals surface area contributed by atoms with Gasteiger partial charge in [0.2, 0.25) is 11.7 Å². The molecule has 6 nitrogen and oxygen atoms in total. The number of rotatable bonds is 3. The number of amides is 1. The van der Waals surface area contributed by atoms with E-state index in [1.54, 1.807) is 16.7 Å². The molecule has 1 fully saturated rings. The SMILES string of the molecule is CSc1ccc(-c2noc(C3CCN(C(=O)OC(C)(C)C)CC3)n2)cc1. The Morgan fingerprint density at radius 3 is 2.46 bits per heavy atom. The summed E-state index contributed by atoms with van der Waals surface area (Å²) >= 11 is 1.70. The van der Waals surface area contributed by atoms with E-state index in [0.29, 0.717) is 24.8 Å². The molecule has 0 saturated carbocycles. The third-order valence-corrected chi connectivity index (χ3v) is 5.03. The topological polar surface area (TPSA) is 68.5 Å². The van der Waals surface area contributed by atoms with E-state index in [2.05, 4.69) is 22.3 Å². The molecule has 1 aromatic heterocycles. The second-order valence-electron chi connectivity index (χ2n) is 7.43. The number of ether oxygens (including phenoxy) is 1. The zero-order valence-corrected chi connectivity index (χ0v) is 16.5. The number of nitrogens with zero attached hydrogens (tertiary/aromatic N) is 3. The Morgan fingerprint density at radius 1 is 1.23 bits per heavy atom. The lowest BCUT2D eigenvalue weighted by molar-refractivity contribution is 0.0198. The van der Waals surface area contributed by atoms with Crippen LogP contribution in [-0.2, 0) is 4.74 Å². The Bertz CT molecular complexity index is 744. The molecule has 1 aliphatic heterocycles. The van der Waals surface area contributed by atoms with Gasteiger partial charge in [-0.15, -0.1) is 11.8 Å². The first-order valence-electron chi connectivity index (χ1n) is 8.81. The molecule has 26 heavy (non-hydrogen) atoms. The van der Waals surface area contributed by atoms with Gasteiger partial charge in [0, 0.05) is 29.5 Å². The molecule has 0 N–H and O–H groups in total. The van der Waals surface area contributed by atoms with Crippen molar-refractivity contribution in [3.63, 3.8) is 0 Å². The van der Waals surface area contributed by atoms with Crippen molar-refractivity contribution in [2.24, 2.45) is 0 Å². The van der Waals surface area contributed by atoms with Gasteiger partial charge >= 0.3 is 6.09 Å². The average Bonchev–Trinajstić information content (AvgIpc) is 3.10. The minimum absolute atomic E-state index is 0.181. The molecule has 0 aliphatic carbocycles. The van der Waals surface area contributed by atoms with Crippen molar-refractivity contribution in [1.29, 1.82) is 0 Å². The first-order chi connectivity index (χ1) is 12.4. The molecular formula is C19H25N3O3S. The molecule has 0 unspecified atom stereocenters. The van der Waals surface area contributed by atoms with Crippen molar-refractivity contribution in [1.82, 2.24) is 15.0 Å². The van der Waals surface area contributed by atoms with E-state index < -0.39 is 5.60 Å². The van der Waals surface area contributed by atoms with Crippen LogP contribution in [0.3, 0.4) is 0 Å². The number of thioether (sulfide) groups is 1. The summed E-state index contributed by atoms with van der Waals surface area (Å²) < 4.78 is 10.9. The summed E-state index contributed by atoms with van der Waals surface area (Å²) in [4.78, 5) is 19.7. The van der Waals surface area contributed by atoms with Crippen molar-refractivity contribution < 1.29 is 14.1 Å². The van der Waals surface area contributed by atoms with Crippen molar-refractivity contribution in [3.8, 4) is 11.4 Å². The van der Waals surface area contributed by atoms with Crippen molar-refractivity contribution in [2.75, 3.05) is 19.3 Å². The maximum Gasteiger partial charge on any atom is 0.410 e. The predicted octanol–water partition coefficient (Wildman–Crippen LogP) is 4.57. The van der Waals surface area contributed by atoms with Gasteiger partial charge in [-0.3, -0.25) is 0 Å². The molecule has 1 aliphatic rings. The maximum absolute atomic E-state index is 12.1. The minimum Gasteiger partial charge on any atom is -0.444 e. The number of carbonyl (C=O) groups is 1. The molecule has 1 aromatic carbocycles. The van der Waals surface area contributed by atoms with E-state index in [4.69, 9.17) is 9.26 Å². The van der Waals surface area contributed by atoms with Gasteiger partial charge in [-0.2, -0.15) is 4.98 Å². The molecule has 2 aromatic rings. The second kappa shape index (κ2) is 7.70. The Labute approximate surface area is 158 Å². The summed E-state index contributed by atoms with van der Waals surface area (Å²) in [5.74, 6) is 1.44. The van der Waals surface area contributed by atoms with Gasteiger partial charge in [-0.05, 0) is 64.1 Å². The van der Waals surface area contributed by atoms with Crippen LogP contribution >= 0.6 is 11.8 Å². The zero-order valence-electron chi connectivity index (χ0n) is 15.7. The quantitative estimate of drug-likeness (QED) is 0.732. The highest BCUT2D eigenvalue weighted by atomic mass is 32.2. The predicted molar refractivity (Wildman–Crippen MR) is 101 cm³/mol. The average molecular weight is 375 g/mol. The summed E-state index contributed by atoms with van der Waals surface area (Å²) in [5.41, 5.74) is 0.477. The molecule has 1 amide bonds. The van der Waals surface area contributed by atoms with Crippen molar-refractivity contribution >= 4 is 17.9 Å². The normalized spacial score (nSPS) is 15.9. The van der Waals surface area contributed by atoms with Crippen LogP contribution in [-0.4, -0.2) is 46.1 Å². The minimum atomic E-state index is -0.471. The summed E-state index contributed by atoms with van der Waals surface area (Å²) in [6.45, 7) is 6.91. The summed E-state index contributed by atoms with van der Waals surface area (Å²) in [6.07, 6.45) is 3.39. The maximum atomic E-state index is 12.1. The van der Waals surface area contributed by atoms with Crippen LogP contribution in [0.15, 0.2) is 33.7 Å². The summed E-state index contributed by atoms with van der Waals surface area (Å²) in [5, 5.41) is 4.12. The van der Waals surface area contributed by atoms with Crippen LogP contribution in [0.25, 0.3) is 11.4 Å². The van der Waals surface area contributed by atoms with Crippen LogP contribution in [0.1, 0.15) is 45.4 Å². The number of benzene rings is 1. The molecule has 2 heterocycles. The van der Waals surface area contributed by atoms with Gasteiger partial charge in [-0.1, -0.05) is 5.16 Å². The van der Waals surface area contributed by atoms with E-state index in [0.717, 1.165) is 18.4 Å². The lowest BCUT2D eigenvalue weighted by atomic mass is 9.97. The van der Waals surface area contributed by atoms with Gasteiger partial charge in [0.15, 0.2) is 0 Å². The fourth-order valence-corrected chi connectivity index (χ4v) is 3.30. The Morgan fingerprint density at radius 2 is 1.88 bits per heavy atom. The summed E-state index contributed by atoms with van der Waals surface area (Å²) in [6, 6.07) is 8.11. The Hall–Kier alpha value is -2.02. The van der Waals surface area contributed by atoms with Crippen molar-refractivity contribution in [2.45, 2.75) is 50.0 Å². The van der Waals surface area contributed by atoms with Crippen LogP contribution in [0.5, 0.6) is 0 Å². The smallest absolute Gasteiger partial charge is 0.410 e. The number of hydrogen-bond donors (Lipinski definition) is 0. The molecule has 0 bridgehead atoms. The van der Waals surface area contributed by atoms with Crippen LogP contribution < -0.4 is 0 Å². The fraction of sp³-hybridized carbons (Fsp3) is 0.526. The Kier molecular flexibility index (Phi) is 5.55. The van der Waals surface area contributed by atoms with E-state index >= 15 is 0 Å². The fourth-order valence-electron chi connectivity index (χ4n) is 2.89. The lowest BCUT2D eigenvalue weighted by Crippen LogP contribution is -2.41. The van der Waals surface area contributed by atoms with Gasteiger partial charge in [-0.25, -0.2) is 4.79 Å². The number of aromatic nitrogens is 2. The van der Waals surface area contributed by atoms with E-state index in [1.165, 1.54) is 4.90 Å². The van der Waals surface area contributed by atoms with Crippen LogP contribution in [0, 0.1) is 0 Å². The number of piperidine rings is 1. The van der Waals surface area contributed by atoms with Gasteiger partial charge < -0.3 is 14.2 Å². The molecule has 1 saturated heterocycles. The van der Waals surface area contributed by atoms with Gasteiger partial charge in [0.05, 0.1) is 0 Å². The highest BCUT2D eigenvalue weighted by Gasteiger charge is 2.30. The van der Waals surface area contributed by atoms with Crippen LogP contribution in [0.2, 0.25) is 0 Å². The molecule has 3 rings (SSSR count). The van der Waals surface area contributed by atoms with Gasteiger partial charge in [0.1, 0.15) is 5.60 Å². The highest BCUT2D eigenvalue weighted by molar-refractivity contribution is 7.98. The van der Waals surface area contributed by atoms with E-state index in [1.807, 2.05) is 39.2 Å². The first-order valence-corrected chi connectivity index (χ1v) is 10.0. The molecule has 7 heteroatoms. The molecule has 140 valence electrons. The Balaban J connectivity index is 1.60. The monoisotopic (exact) mass is 375 g/mol. The summed E-state index contributed by atoms with van der Waals surface area (Å²) in [7, 11) is 0. The largest absolute Gasteiger partial charge is 0.444 e. The van der Waals surface area contributed by atoms with Gasteiger partial charge in [0.25, 0.3) is 0 Å². The van der Waals surface area contributed by atoms with Crippen LogP contribution in [0.4, 0.5) is 4.79 Å². The lowest BCUT2D eigenvalue weighted by Gasteiger charge is -2.32. The van der Waals surface area contributed by atoms with Crippen molar-refractivity contribution in [3.05, 3.63) is 30.2 Å². The molecule has 0 radical (unpaired) electrons. The standard InChI is InChI=1S/C19H25N3O3S/c1-19(2,3)24-18(23)22-11-9-14(10-12-22)17-20-16(21-25-17)13-5-7-15(26-4)8-6-13/h5-8,14H,9-12H2,1-4H3. The number of likely N-dealkylation sites (tertiary alicyclic amines) is 1. The van der Waals surface area contributed by atoms with E-state index in [-0.39, 0.29) is 12.0 Å². The number of hydrogen-bond acceptors (Lipinski definition) is 6. The third kappa shape index (κ3) is 4.58. The first kappa shape index (κ1) is 18.8. The number of carbonyl (C=O) groups excluding carboxylic acids is 1.